The molecular formula is C23H32O. The van der Waals surface area contributed by atoms with Crippen molar-refractivity contribution in [1.82, 2.24) is 0 Å². The highest BCUT2D eigenvalue weighted by Gasteiger charge is 2.65. The van der Waals surface area contributed by atoms with E-state index in [9.17, 15) is 5.11 Å². The van der Waals surface area contributed by atoms with Crippen LogP contribution in [-0.4, -0.2) is 11.7 Å². The number of rotatable bonds is 3. The summed E-state index contributed by atoms with van der Waals surface area (Å²) in [5.74, 6) is 2.13. The van der Waals surface area contributed by atoms with Crippen LogP contribution < -0.4 is 0 Å². The van der Waals surface area contributed by atoms with Gasteiger partial charge in [-0.3, -0.25) is 0 Å². The number of fused-ring (bicyclic) bond motifs is 1. The molecule has 1 N–H and O–H groups in total. The van der Waals surface area contributed by atoms with Crippen LogP contribution in [0.3, 0.4) is 0 Å². The van der Waals surface area contributed by atoms with Crippen LogP contribution in [0.1, 0.15) is 63.5 Å². The van der Waals surface area contributed by atoms with Crippen molar-refractivity contribution < 1.29 is 5.11 Å². The first-order chi connectivity index (χ1) is 11.5. The van der Waals surface area contributed by atoms with Crippen molar-refractivity contribution in [2.75, 3.05) is 6.61 Å². The van der Waals surface area contributed by atoms with Crippen LogP contribution >= 0.6 is 0 Å². The SMILES string of the molecule is C=C1C(C)CCC2C(CCCO)Cc3ccccc3C23CCC13C. The molecular weight excluding hydrogens is 292 g/mol. The van der Waals surface area contributed by atoms with E-state index in [0.717, 1.165) is 18.3 Å². The van der Waals surface area contributed by atoms with Crippen molar-refractivity contribution in [2.24, 2.45) is 23.2 Å². The highest BCUT2D eigenvalue weighted by atomic mass is 16.2. The van der Waals surface area contributed by atoms with Gasteiger partial charge in [0, 0.05) is 12.0 Å². The first kappa shape index (κ1) is 16.4. The molecule has 0 bridgehead atoms. The van der Waals surface area contributed by atoms with E-state index in [2.05, 4.69) is 44.7 Å². The third-order valence-electron chi connectivity index (χ3n) is 8.13. The van der Waals surface area contributed by atoms with Crippen LogP contribution in [-0.2, 0) is 11.8 Å². The lowest BCUT2D eigenvalue weighted by Gasteiger charge is -2.66. The molecule has 5 atom stereocenters. The highest BCUT2D eigenvalue weighted by molar-refractivity contribution is 5.47. The Balaban J connectivity index is 1.87. The Morgan fingerprint density at radius 1 is 1.21 bits per heavy atom. The molecule has 1 aromatic carbocycles. The van der Waals surface area contributed by atoms with Crippen LogP contribution in [0, 0.1) is 23.2 Å². The molecule has 1 heteroatoms. The van der Waals surface area contributed by atoms with Gasteiger partial charge in [-0.2, -0.15) is 0 Å². The first-order valence-electron chi connectivity index (χ1n) is 9.93. The van der Waals surface area contributed by atoms with E-state index >= 15 is 0 Å². The van der Waals surface area contributed by atoms with Gasteiger partial charge in [-0.1, -0.05) is 50.3 Å². The average Bonchev–Trinajstić information content (AvgIpc) is 2.65. The maximum atomic E-state index is 9.39. The van der Waals surface area contributed by atoms with Crippen LogP contribution in [0.2, 0.25) is 0 Å². The summed E-state index contributed by atoms with van der Waals surface area (Å²) in [6.07, 6.45) is 8.58. The largest absolute Gasteiger partial charge is 0.396 e. The Hall–Kier alpha value is -1.08. The second-order valence-electron chi connectivity index (χ2n) is 8.90. The number of aliphatic hydroxyl groups excluding tert-OH is 1. The number of hydrogen-bond acceptors (Lipinski definition) is 1. The van der Waals surface area contributed by atoms with Crippen molar-refractivity contribution in [3.63, 3.8) is 0 Å². The quantitative estimate of drug-likeness (QED) is 0.751. The van der Waals surface area contributed by atoms with E-state index in [4.69, 9.17) is 0 Å². The van der Waals surface area contributed by atoms with Gasteiger partial charge < -0.3 is 5.11 Å². The zero-order valence-corrected chi connectivity index (χ0v) is 15.4. The van der Waals surface area contributed by atoms with Crippen molar-refractivity contribution in [3.05, 3.63) is 47.5 Å². The van der Waals surface area contributed by atoms with Gasteiger partial charge in [-0.25, -0.2) is 0 Å². The minimum absolute atomic E-state index is 0.265. The first-order valence-corrected chi connectivity index (χ1v) is 9.93. The Morgan fingerprint density at radius 3 is 2.71 bits per heavy atom. The van der Waals surface area contributed by atoms with Gasteiger partial charge >= 0.3 is 0 Å². The summed E-state index contributed by atoms with van der Waals surface area (Å²) in [5.41, 5.74) is 5.30. The minimum atomic E-state index is 0.265. The predicted octanol–water partition coefficient (Wildman–Crippen LogP) is 5.27. The van der Waals surface area contributed by atoms with Crippen molar-refractivity contribution in [3.8, 4) is 0 Å². The molecule has 2 fully saturated rings. The zero-order valence-electron chi connectivity index (χ0n) is 15.4. The molecule has 0 aliphatic heterocycles. The Kier molecular flexibility index (Phi) is 3.91. The number of hydrogen-bond donors (Lipinski definition) is 1. The van der Waals surface area contributed by atoms with Crippen LogP contribution in [0.5, 0.6) is 0 Å². The van der Waals surface area contributed by atoms with Crippen LogP contribution in [0.25, 0.3) is 0 Å². The van der Waals surface area contributed by atoms with E-state index in [1.54, 1.807) is 11.1 Å². The van der Waals surface area contributed by atoms with Gasteiger partial charge in [-0.15, -0.1) is 0 Å². The van der Waals surface area contributed by atoms with E-state index in [1.807, 2.05) is 0 Å². The molecule has 3 aliphatic rings. The molecule has 1 nitrogen and oxygen atoms in total. The summed E-state index contributed by atoms with van der Waals surface area (Å²) in [5, 5.41) is 9.39. The van der Waals surface area contributed by atoms with E-state index in [0.29, 0.717) is 17.9 Å². The third-order valence-corrected chi connectivity index (χ3v) is 8.13. The molecule has 5 unspecified atom stereocenters. The fraction of sp³-hybridized carbons (Fsp3) is 0.652. The second kappa shape index (κ2) is 5.73. The summed E-state index contributed by atoms with van der Waals surface area (Å²) in [4.78, 5) is 0. The maximum absolute atomic E-state index is 9.39. The molecule has 0 amide bonds. The van der Waals surface area contributed by atoms with Crippen molar-refractivity contribution in [1.29, 1.82) is 0 Å². The fourth-order valence-corrected chi connectivity index (χ4v) is 6.69. The van der Waals surface area contributed by atoms with Crippen LogP contribution in [0.4, 0.5) is 0 Å². The minimum Gasteiger partial charge on any atom is -0.396 e. The lowest BCUT2D eigenvalue weighted by molar-refractivity contribution is -0.0425. The molecule has 0 heterocycles. The van der Waals surface area contributed by atoms with Crippen LogP contribution in [0.15, 0.2) is 36.4 Å². The predicted molar refractivity (Wildman–Crippen MR) is 100 cm³/mol. The number of benzene rings is 1. The average molecular weight is 325 g/mol. The number of aliphatic hydroxyl groups is 1. The van der Waals surface area contributed by atoms with E-state index < -0.39 is 0 Å². The highest BCUT2D eigenvalue weighted by Crippen LogP contribution is 2.71. The molecule has 3 aliphatic carbocycles. The molecule has 0 saturated heterocycles. The summed E-state index contributed by atoms with van der Waals surface area (Å²) in [7, 11) is 0. The third kappa shape index (κ3) is 1.97. The summed E-state index contributed by atoms with van der Waals surface area (Å²) < 4.78 is 0. The van der Waals surface area contributed by atoms with Crippen molar-refractivity contribution in [2.45, 2.75) is 64.2 Å². The molecule has 1 spiro atoms. The lowest BCUT2D eigenvalue weighted by atomic mass is 9.38. The number of allylic oxidation sites excluding steroid dienone is 1. The fourth-order valence-electron chi connectivity index (χ4n) is 6.69. The molecule has 130 valence electrons. The van der Waals surface area contributed by atoms with Gasteiger partial charge in [0.25, 0.3) is 0 Å². The zero-order chi connectivity index (χ0) is 16.9. The molecule has 1 aromatic rings. The second-order valence-corrected chi connectivity index (χ2v) is 8.90. The molecule has 24 heavy (non-hydrogen) atoms. The van der Waals surface area contributed by atoms with Crippen molar-refractivity contribution >= 4 is 0 Å². The Morgan fingerprint density at radius 2 is 2.00 bits per heavy atom. The van der Waals surface area contributed by atoms with Gasteiger partial charge in [0.15, 0.2) is 0 Å². The van der Waals surface area contributed by atoms with Gasteiger partial charge in [0.05, 0.1) is 0 Å². The van der Waals surface area contributed by atoms with Gasteiger partial charge in [-0.05, 0) is 79.2 Å². The van der Waals surface area contributed by atoms with Gasteiger partial charge in [0.1, 0.15) is 0 Å². The Labute approximate surface area is 147 Å². The molecule has 0 radical (unpaired) electrons. The van der Waals surface area contributed by atoms with Gasteiger partial charge in [0.2, 0.25) is 0 Å². The standard InChI is InChI=1S/C23H32O/c1-16-10-11-21-19(8-6-14-24)15-18-7-4-5-9-20(18)23(21)13-12-22(23,3)17(16)2/h4-5,7,9,16,19,21,24H,2,6,8,10-15H2,1,3H3. The molecule has 2 saturated carbocycles. The summed E-state index contributed by atoms with van der Waals surface area (Å²) in [6, 6.07) is 9.24. The monoisotopic (exact) mass is 324 g/mol. The van der Waals surface area contributed by atoms with E-state index in [-0.39, 0.29) is 5.41 Å². The van der Waals surface area contributed by atoms with E-state index in [1.165, 1.54) is 44.1 Å². The normalized spacial score (nSPS) is 40.8. The smallest absolute Gasteiger partial charge is 0.0431 e. The molecule has 0 aromatic heterocycles. The Bertz CT molecular complexity index is 647. The molecule has 4 rings (SSSR count). The topological polar surface area (TPSA) is 20.2 Å². The maximum Gasteiger partial charge on any atom is 0.0431 e. The lowest BCUT2D eigenvalue weighted by Crippen LogP contribution is -2.61. The summed E-state index contributed by atoms with van der Waals surface area (Å²) in [6.45, 7) is 9.85. The summed E-state index contributed by atoms with van der Waals surface area (Å²) >= 11 is 0.